The van der Waals surface area contributed by atoms with Crippen LogP contribution in [0, 0.1) is 19.7 Å². The Morgan fingerprint density at radius 3 is 2.39 bits per heavy atom. The average molecular weight is 407 g/mol. The standard InChI is InChI=1S/C21H27FN2O3S/c1-6-20(19-11-10-14(2)12-15(19)3)23-21(25)16(4)24(28(5,26)27)18-9-7-8-17(22)13-18/h7-13,16,20H,6H2,1-5H3,(H,23,25). The Morgan fingerprint density at radius 1 is 1.18 bits per heavy atom. The van der Waals surface area contributed by atoms with Crippen LogP contribution in [0.1, 0.15) is 43.0 Å². The molecule has 1 N–H and O–H groups in total. The molecule has 2 aromatic carbocycles. The number of amides is 1. The summed E-state index contributed by atoms with van der Waals surface area (Å²) in [6.45, 7) is 7.43. The third-order valence-electron chi connectivity index (χ3n) is 4.68. The van der Waals surface area contributed by atoms with Crippen molar-refractivity contribution in [3.05, 3.63) is 65.0 Å². The molecule has 0 saturated carbocycles. The van der Waals surface area contributed by atoms with Crippen LogP contribution >= 0.6 is 0 Å². The van der Waals surface area contributed by atoms with Crippen molar-refractivity contribution in [3.63, 3.8) is 0 Å². The molecule has 0 bridgehead atoms. The Bertz CT molecular complexity index is 960. The number of nitrogens with zero attached hydrogens (tertiary/aromatic N) is 1. The van der Waals surface area contributed by atoms with Crippen molar-refractivity contribution in [1.29, 1.82) is 0 Å². The number of sulfonamides is 1. The number of aryl methyl sites for hydroxylation is 2. The van der Waals surface area contributed by atoms with E-state index in [0.29, 0.717) is 6.42 Å². The van der Waals surface area contributed by atoms with Crippen molar-refractivity contribution in [2.45, 2.75) is 46.2 Å². The van der Waals surface area contributed by atoms with Crippen LogP contribution in [0.5, 0.6) is 0 Å². The first-order valence-electron chi connectivity index (χ1n) is 9.17. The van der Waals surface area contributed by atoms with Gasteiger partial charge in [-0.15, -0.1) is 0 Å². The number of anilines is 1. The van der Waals surface area contributed by atoms with Crippen molar-refractivity contribution in [1.82, 2.24) is 5.32 Å². The topological polar surface area (TPSA) is 66.5 Å². The van der Waals surface area contributed by atoms with Gasteiger partial charge in [-0.2, -0.15) is 0 Å². The van der Waals surface area contributed by atoms with Gasteiger partial charge in [-0.05, 0) is 56.5 Å². The number of rotatable bonds is 7. The normalized spacial score (nSPS) is 13.6. The first kappa shape index (κ1) is 21.9. The molecule has 1 amide bonds. The Kier molecular flexibility index (Phi) is 6.82. The van der Waals surface area contributed by atoms with E-state index in [9.17, 15) is 17.6 Å². The quantitative estimate of drug-likeness (QED) is 0.759. The van der Waals surface area contributed by atoms with Gasteiger partial charge in [0.15, 0.2) is 0 Å². The van der Waals surface area contributed by atoms with Crippen LogP contribution in [-0.4, -0.2) is 26.6 Å². The molecule has 0 saturated heterocycles. The van der Waals surface area contributed by atoms with Crippen LogP contribution in [0.25, 0.3) is 0 Å². The molecule has 28 heavy (non-hydrogen) atoms. The summed E-state index contributed by atoms with van der Waals surface area (Å²) in [5, 5.41) is 2.94. The van der Waals surface area contributed by atoms with E-state index in [0.717, 1.165) is 33.3 Å². The van der Waals surface area contributed by atoms with Crippen LogP contribution < -0.4 is 9.62 Å². The molecule has 0 heterocycles. The van der Waals surface area contributed by atoms with E-state index in [1.165, 1.54) is 25.1 Å². The SMILES string of the molecule is CCC(NC(=O)C(C)N(c1cccc(F)c1)S(C)(=O)=O)c1ccc(C)cc1C. The minimum Gasteiger partial charge on any atom is -0.347 e. The number of halogens is 1. The van der Waals surface area contributed by atoms with E-state index in [1.54, 1.807) is 0 Å². The van der Waals surface area contributed by atoms with Crippen LogP contribution in [0.2, 0.25) is 0 Å². The number of hydrogen-bond acceptors (Lipinski definition) is 3. The summed E-state index contributed by atoms with van der Waals surface area (Å²) >= 11 is 0. The molecule has 2 aromatic rings. The average Bonchev–Trinajstić information content (AvgIpc) is 2.59. The monoisotopic (exact) mass is 406 g/mol. The highest BCUT2D eigenvalue weighted by molar-refractivity contribution is 7.92. The third-order valence-corrected chi connectivity index (χ3v) is 5.92. The maximum absolute atomic E-state index is 13.6. The van der Waals surface area contributed by atoms with Gasteiger partial charge in [-0.1, -0.05) is 36.8 Å². The zero-order valence-electron chi connectivity index (χ0n) is 16.9. The summed E-state index contributed by atoms with van der Waals surface area (Å²) in [6.07, 6.45) is 1.66. The lowest BCUT2D eigenvalue weighted by atomic mass is 9.97. The Hall–Kier alpha value is -2.41. The molecule has 2 atom stereocenters. The maximum atomic E-state index is 13.6. The molecule has 152 valence electrons. The van der Waals surface area contributed by atoms with E-state index >= 15 is 0 Å². The molecule has 0 aliphatic rings. The van der Waals surface area contributed by atoms with Gasteiger partial charge in [0.05, 0.1) is 18.0 Å². The zero-order valence-corrected chi connectivity index (χ0v) is 17.7. The number of nitrogens with one attached hydrogen (secondary N) is 1. The molecule has 7 heteroatoms. The van der Waals surface area contributed by atoms with Gasteiger partial charge in [-0.25, -0.2) is 12.8 Å². The molecule has 0 aromatic heterocycles. The molecular formula is C21H27FN2O3S. The van der Waals surface area contributed by atoms with Gasteiger partial charge in [0, 0.05) is 0 Å². The van der Waals surface area contributed by atoms with E-state index in [4.69, 9.17) is 0 Å². The summed E-state index contributed by atoms with van der Waals surface area (Å²) in [7, 11) is -3.79. The third kappa shape index (κ3) is 5.10. The molecule has 0 spiro atoms. The molecular weight excluding hydrogens is 379 g/mol. The molecule has 0 radical (unpaired) electrons. The lowest BCUT2D eigenvalue weighted by Crippen LogP contribution is -2.48. The van der Waals surface area contributed by atoms with E-state index in [-0.39, 0.29) is 11.7 Å². The summed E-state index contributed by atoms with van der Waals surface area (Å²) in [4.78, 5) is 12.9. The largest absolute Gasteiger partial charge is 0.347 e. The Balaban J connectivity index is 2.31. The smallest absolute Gasteiger partial charge is 0.244 e. The van der Waals surface area contributed by atoms with Crippen LogP contribution in [0.15, 0.2) is 42.5 Å². The van der Waals surface area contributed by atoms with Gasteiger partial charge < -0.3 is 5.32 Å². The summed E-state index contributed by atoms with van der Waals surface area (Å²) in [5.41, 5.74) is 3.30. The second-order valence-corrected chi connectivity index (χ2v) is 8.90. The first-order chi connectivity index (χ1) is 13.0. The number of benzene rings is 2. The summed E-state index contributed by atoms with van der Waals surface area (Å²) in [6, 6.07) is 9.94. The predicted octanol–water partition coefficient (Wildman–Crippen LogP) is 3.86. The molecule has 2 unspecified atom stereocenters. The molecule has 0 fully saturated rings. The second kappa shape index (κ2) is 8.73. The molecule has 5 nitrogen and oxygen atoms in total. The molecule has 0 aliphatic heterocycles. The van der Waals surface area contributed by atoms with Crippen molar-refractivity contribution in [2.75, 3.05) is 10.6 Å². The van der Waals surface area contributed by atoms with Crippen LogP contribution in [-0.2, 0) is 14.8 Å². The van der Waals surface area contributed by atoms with Crippen LogP contribution in [0.3, 0.4) is 0 Å². The fraction of sp³-hybridized carbons (Fsp3) is 0.381. The minimum absolute atomic E-state index is 0.115. The van der Waals surface area contributed by atoms with E-state index < -0.39 is 27.8 Å². The highest BCUT2D eigenvalue weighted by Gasteiger charge is 2.30. The number of carbonyl (C=O) groups is 1. The van der Waals surface area contributed by atoms with Crippen molar-refractivity contribution >= 4 is 21.6 Å². The van der Waals surface area contributed by atoms with Crippen molar-refractivity contribution < 1.29 is 17.6 Å². The van der Waals surface area contributed by atoms with Gasteiger partial charge >= 0.3 is 0 Å². The Morgan fingerprint density at radius 2 is 1.86 bits per heavy atom. The van der Waals surface area contributed by atoms with Gasteiger partial charge in [0.2, 0.25) is 15.9 Å². The zero-order chi connectivity index (χ0) is 21.1. The van der Waals surface area contributed by atoms with Crippen molar-refractivity contribution in [2.24, 2.45) is 0 Å². The van der Waals surface area contributed by atoms with Gasteiger partial charge in [0.1, 0.15) is 11.9 Å². The molecule has 2 rings (SSSR count). The van der Waals surface area contributed by atoms with Crippen molar-refractivity contribution in [3.8, 4) is 0 Å². The highest BCUT2D eigenvalue weighted by atomic mass is 32.2. The minimum atomic E-state index is -3.79. The maximum Gasteiger partial charge on any atom is 0.244 e. The summed E-state index contributed by atoms with van der Waals surface area (Å²) < 4.78 is 39.2. The van der Waals surface area contributed by atoms with E-state index in [2.05, 4.69) is 5.32 Å². The Labute approximate surface area is 166 Å². The summed E-state index contributed by atoms with van der Waals surface area (Å²) in [5.74, 6) is -1.01. The number of hydrogen-bond donors (Lipinski definition) is 1. The number of carbonyl (C=O) groups excluding carboxylic acids is 1. The van der Waals surface area contributed by atoms with Crippen LogP contribution in [0.4, 0.5) is 10.1 Å². The van der Waals surface area contributed by atoms with E-state index in [1.807, 2.05) is 39.0 Å². The fourth-order valence-corrected chi connectivity index (χ4v) is 4.50. The predicted molar refractivity (Wildman–Crippen MR) is 110 cm³/mol. The lowest BCUT2D eigenvalue weighted by Gasteiger charge is -2.30. The lowest BCUT2D eigenvalue weighted by molar-refractivity contribution is -0.122. The highest BCUT2D eigenvalue weighted by Crippen LogP contribution is 2.24. The van der Waals surface area contributed by atoms with Gasteiger partial charge in [-0.3, -0.25) is 9.10 Å². The first-order valence-corrected chi connectivity index (χ1v) is 11.0. The second-order valence-electron chi connectivity index (χ2n) is 7.04. The fourth-order valence-electron chi connectivity index (χ4n) is 3.33. The van der Waals surface area contributed by atoms with Gasteiger partial charge in [0.25, 0.3) is 0 Å². The molecule has 0 aliphatic carbocycles.